The number of sulfone groups is 1. The van der Waals surface area contributed by atoms with Crippen molar-refractivity contribution in [3.05, 3.63) is 39.4 Å². The van der Waals surface area contributed by atoms with Crippen LogP contribution < -0.4 is 5.56 Å². The highest BCUT2D eigenvalue weighted by molar-refractivity contribution is 7.90. The summed E-state index contributed by atoms with van der Waals surface area (Å²) in [7, 11) is -3.03. The van der Waals surface area contributed by atoms with Crippen LogP contribution in [-0.2, 0) is 16.4 Å². The highest BCUT2D eigenvalue weighted by Crippen LogP contribution is 2.15. The Morgan fingerprint density at radius 1 is 1.30 bits per heavy atom. The zero-order valence-electron chi connectivity index (χ0n) is 13.2. The lowest BCUT2D eigenvalue weighted by Gasteiger charge is -2.20. The molecule has 0 unspecified atom stereocenters. The van der Waals surface area contributed by atoms with Gasteiger partial charge < -0.3 is 4.98 Å². The molecular weight excluding hydrogens is 338 g/mol. The van der Waals surface area contributed by atoms with Crippen molar-refractivity contribution in [2.45, 2.75) is 19.9 Å². The average Bonchev–Trinajstić information content (AvgIpc) is 2.43. The molecule has 0 aliphatic heterocycles. The van der Waals surface area contributed by atoms with Crippen molar-refractivity contribution in [1.29, 1.82) is 0 Å². The molecule has 0 atom stereocenters. The van der Waals surface area contributed by atoms with Crippen molar-refractivity contribution in [2.75, 3.05) is 25.1 Å². The second-order valence-electron chi connectivity index (χ2n) is 5.58. The zero-order valence-corrected chi connectivity index (χ0v) is 14.7. The molecule has 8 heteroatoms. The molecule has 126 valence electrons. The topological polar surface area (TPSA) is 83.1 Å². The Morgan fingerprint density at radius 3 is 2.70 bits per heavy atom. The molecule has 23 heavy (non-hydrogen) atoms. The largest absolute Gasteiger partial charge is 0.309 e. The van der Waals surface area contributed by atoms with Gasteiger partial charge in [-0.25, -0.2) is 13.4 Å². The van der Waals surface area contributed by atoms with Crippen LogP contribution in [-0.4, -0.2) is 48.4 Å². The van der Waals surface area contributed by atoms with Crippen LogP contribution in [0.3, 0.4) is 0 Å². The van der Waals surface area contributed by atoms with Gasteiger partial charge in [-0.05, 0) is 31.2 Å². The molecule has 0 radical (unpaired) electrons. The van der Waals surface area contributed by atoms with E-state index in [0.29, 0.717) is 34.8 Å². The number of nitrogens with zero attached hydrogens (tertiary/aromatic N) is 2. The molecule has 0 bridgehead atoms. The fraction of sp³-hybridized carbons (Fsp3) is 0.467. The van der Waals surface area contributed by atoms with Crippen LogP contribution in [0.1, 0.15) is 19.2 Å². The predicted octanol–water partition coefficient (Wildman–Crippen LogP) is 1.83. The van der Waals surface area contributed by atoms with Gasteiger partial charge in [0.15, 0.2) is 0 Å². The first-order valence-corrected chi connectivity index (χ1v) is 9.81. The number of aromatic amines is 1. The van der Waals surface area contributed by atoms with E-state index in [1.165, 1.54) is 6.26 Å². The zero-order chi connectivity index (χ0) is 17.0. The molecule has 2 aromatic rings. The standard InChI is InChI=1S/C15H20ClN3O3S/c1-3-6-19(7-8-23(2,21)22)10-14-17-13-9-11(16)4-5-12(13)15(20)18-14/h4-5,9H,3,6-8,10H2,1-2H3,(H,17,18,20). The summed E-state index contributed by atoms with van der Waals surface area (Å²) in [5.74, 6) is 0.586. The molecule has 2 rings (SSSR count). The quantitative estimate of drug-likeness (QED) is 0.817. The van der Waals surface area contributed by atoms with Crippen LogP contribution >= 0.6 is 11.6 Å². The van der Waals surface area contributed by atoms with Gasteiger partial charge in [0.1, 0.15) is 15.7 Å². The predicted molar refractivity (Wildman–Crippen MR) is 92.7 cm³/mol. The third kappa shape index (κ3) is 5.30. The molecule has 0 saturated heterocycles. The molecule has 1 aromatic heterocycles. The van der Waals surface area contributed by atoms with Crippen LogP contribution in [0.4, 0.5) is 0 Å². The Balaban J connectivity index is 2.25. The summed E-state index contributed by atoms with van der Waals surface area (Å²) in [6, 6.07) is 4.94. The van der Waals surface area contributed by atoms with E-state index in [-0.39, 0.29) is 11.3 Å². The molecular formula is C15H20ClN3O3S. The summed E-state index contributed by atoms with van der Waals surface area (Å²) in [6.45, 7) is 3.54. The maximum Gasteiger partial charge on any atom is 0.258 e. The second-order valence-corrected chi connectivity index (χ2v) is 8.28. The smallest absolute Gasteiger partial charge is 0.258 e. The van der Waals surface area contributed by atoms with Crippen molar-refractivity contribution < 1.29 is 8.42 Å². The lowest BCUT2D eigenvalue weighted by atomic mass is 10.2. The van der Waals surface area contributed by atoms with Gasteiger partial charge in [-0.2, -0.15) is 0 Å². The first-order chi connectivity index (χ1) is 10.8. The van der Waals surface area contributed by atoms with Gasteiger partial charge in [-0.3, -0.25) is 9.69 Å². The fourth-order valence-corrected chi connectivity index (χ4v) is 3.08. The van der Waals surface area contributed by atoms with Gasteiger partial charge in [0.2, 0.25) is 0 Å². The first kappa shape index (κ1) is 17.9. The number of aromatic nitrogens is 2. The Hall–Kier alpha value is -1.44. The van der Waals surface area contributed by atoms with Gasteiger partial charge in [-0.15, -0.1) is 0 Å². The van der Waals surface area contributed by atoms with Crippen LogP contribution in [0.25, 0.3) is 10.9 Å². The van der Waals surface area contributed by atoms with E-state index in [1.54, 1.807) is 18.2 Å². The van der Waals surface area contributed by atoms with Crippen LogP contribution in [0.15, 0.2) is 23.0 Å². The van der Waals surface area contributed by atoms with E-state index in [2.05, 4.69) is 9.97 Å². The maximum absolute atomic E-state index is 12.1. The summed E-state index contributed by atoms with van der Waals surface area (Å²) in [5.41, 5.74) is 0.317. The number of halogens is 1. The van der Waals surface area contributed by atoms with Crippen molar-refractivity contribution in [3.8, 4) is 0 Å². The van der Waals surface area contributed by atoms with Gasteiger partial charge in [0, 0.05) is 17.8 Å². The van der Waals surface area contributed by atoms with Gasteiger partial charge in [0.05, 0.1) is 23.2 Å². The molecule has 6 nitrogen and oxygen atoms in total. The Bertz CT molecular complexity index is 849. The minimum Gasteiger partial charge on any atom is -0.309 e. The van der Waals surface area contributed by atoms with Crippen molar-refractivity contribution in [1.82, 2.24) is 14.9 Å². The van der Waals surface area contributed by atoms with Crippen molar-refractivity contribution >= 4 is 32.3 Å². The number of hydrogen-bond acceptors (Lipinski definition) is 5. The van der Waals surface area contributed by atoms with E-state index in [4.69, 9.17) is 11.6 Å². The second kappa shape index (κ2) is 7.42. The Kier molecular flexibility index (Phi) is 5.78. The van der Waals surface area contributed by atoms with Crippen LogP contribution in [0, 0.1) is 0 Å². The number of hydrogen-bond donors (Lipinski definition) is 1. The number of rotatable bonds is 7. The average molecular weight is 358 g/mol. The monoisotopic (exact) mass is 357 g/mol. The Morgan fingerprint density at radius 2 is 2.04 bits per heavy atom. The molecule has 1 aromatic carbocycles. The molecule has 0 aliphatic rings. The van der Waals surface area contributed by atoms with E-state index in [1.807, 2.05) is 11.8 Å². The van der Waals surface area contributed by atoms with Crippen molar-refractivity contribution in [2.24, 2.45) is 0 Å². The third-order valence-corrected chi connectivity index (χ3v) is 4.57. The maximum atomic E-state index is 12.1. The minimum atomic E-state index is -3.03. The molecule has 0 fully saturated rings. The lowest BCUT2D eigenvalue weighted by Crippen LogP contribution is -2.31. The SMILES string of the molecule is CCCN(CCS(C)(=O)=O)Cc1nc2cc(Cl)ccc2c(=O)[nH]1. The normalized spacial score (nSPS) is 12.2. The van der Waals surface area contributed by atoms with Crippen LogP contribution in [0.5, 0.6) is 0 Å². The van der Waals surface area contributed by atoms with Crippen molar-refractivity contribution in [3.63, 3.8) is 0 Å². The molecule has 0 aliphatic carbocycles. The Labute approximate surface area is 140 Å². The van der Waals surface area contributed by atoms with E-state index in [0.717, 1.165) is 13.0 Å². The summed E-state index contributed by atoms with van der Waals surface area (Å²) in [4.78, 5) is 21.3. The van der Waals surface area contributed by atoms with Gasteiger partial charge >= 0.3 is 0 Å². The molecule has 1 N–H and O–H groups in total. The molecule has 0 saturated carbocycles. The summed E-state index contributed by atoms with van der Waals surface area (Å²) < 4.78 is 22.7. The fourth-order valence-electron chi connectivity index (χ4n) is 2.33. The van der Waals surface area contributed by atoms with E-state index in [9.17, 15) is 13.2 Å². The minimum absolute atomic E-state index is 0.0800. The molecule has 0 amide bonds. The molecule has 0 spiro atoms. The number of fused-ring (bicyclic) bond motifs is 1. The molecule has 1 heterocycles. The van der Waals surface area contributed by atoms with Gasteiger partial charge in [-0.1, -0.05) is 18.5 Å². The number of benzene rings is 1. The summed E-state index contributed by atoms with van der Waals surface area (Å²) >= 11 is 5.95. The number of H-pyrrole nitrogens is 1. The van der Waals surface area contributed by atoms with Gasteiger partial charge in [0.25, 0.3) is 5.56 Å². The van der Waals surface area contributed by atoms with E-state index >= 15 is 0 Å². The summed E-state index contributed by atoms with van der Waals surface area (Å²) in [5, 5.41) is 1.00. The number of nitrogens with one attached hydrogen (secondary N) is 1. The first-order valence-electron chi connectivity index (χ1n) is 7.37. The van der Waals surface area contributed by atoms with E-state index < -0.39 is 9.84 Å². The highest BCUT2D eigenvalue weighted by Gasteiger charge is 2.12. The van der Waals surface area contributed by atoms with Crippen LogP contribution in [0.2, 0.25) is 5.02 Å². The highest BCUT2D eigenvalue weighted by atomic mass is 35.5. The third-order valence-electron chi connectivity index (χ3n) is 3.41. The summed E-state index contributed by atoms with van der Waals surface area (Å²) in [6.07, 6.45) is 2.10. The lowest BCUT2D eigenvalue weighted by molar-refractivity contribution is 0.274.